The van der Waals surface area contributed by atoms with Gasteiger partial charge in [0.25, 0.3) is 0 Å². The third-order valence-electron chi connectivity index (χ3n) is 5.08. The minimum atomic E-state index is 0.0774. The second kappa shape index (κ2) is 17.9. The molecule has 0 aliphatic rings. The Morgan fingerprint density at radius 2 is 1.19 bits per heavy atom. The molecule has 0 heterocycles. The van der Waals surface area contributed by atoms with Crippen molar-refractivity contribution in [3.63, 3.8) is 0 Å². The summed E-state index contributed by atoms with van der Waals surface area (Å²) >= 11 is 0. The molecule has 1 amide bonds. The molecule has 0 aliphatic heterocycles. The number of unbranched alkanes of at least 4 members (excludes halogenated alkanes) is 13. The fourth-order valence-corrected chi connectivity index (χ4v) is 3.35. The summed E-state index contributed by atoms with van der Waals surface area (Å²) in [7, 11) is 0. The molecule has 3 heteroatoms. The number of hydrogen-bond donors (Lipinski definition) is 2. The molecule has 0 radical (unpaired) electrons. The van der Waals surface area contributed by atoms with Gasteiger partial charge >= 0.3 is 0 Å². The van der Waals surface area contributed by atoms with Crippen molar-refractivity contribution in [2.75, 3.05) is 18.4 Å². The molecule has 0 aromatic heterocycles. The van der Waals surface area contributed by atoms with E-state index in [0.29, 0.717) is 6.54 Å². The molecule has 27 heavy (non-hydrogen) atoms. The first-order valence-electron chi connectivity index (χ1n) is 11.4. The number of benzene rings is 1. The van der Waals surface area contributed by atoms with Crippen LogP contribution in [0.2, 0.25) is 0 Å². The van der Waals surface area contributed by atoms with Gasteiger partial charge in [0.1, 0.15) is 0 Å². The molecule has 0 fully saturated rings. The number of carbonyl (C=O) groups excluding carboxylic acids is 1. The van der Waals surface area contributed by atoms with Crippen LogP contribution in [-0.2, 0) is 4.79 Å². The lowest BCUT2D eigenvalue weighted by Crippen LogP contribution is -2.30. The fraction of sp³-hybridized carbons (Fsp3) is 0.708. The van der Waals surface area contributed by atoms with Crippen molar-refractivity contribution in [1.82, 2.24) is 5.32 Å². The van der Waals surface area contributed by atoms with Crippen LogP contribution < -0.4 is 10.6 Å². The highest BCUT2D eigenvalue weighted by molar-refractivity contribution is 5.80. The molecule has 1 aromatic carbocycles. The lowest BCUT2D eigenvalue weighted by molar-refractivity contribution is -0.119. The third kappa shape index (κ3) is 15.3. The number of nitrogens with one attached hydrogen (secondary N) is 2. The summed E-state index contributed by atoms with van der Waals surface area (Å²) in [4.78, 5) is 11.8. The van der Waals surface area contributed by atoms with Crippen molar-refractivity contribution in [1.29, 1.82) is 0 Å². The normalized spacial score (nSPS) is 10.7. The lowest BCUT2D eigenvalue weighted by atomic mass is 10.0. The average molecular weight is 375 g/mol. The molecule has 0 saturated carbocycles. The van der Waals surface area contributed by atoms with Crippen LogP contribution in [0.15, 0.2) is 30.3 Å². The minimum Gasteiger partial charge on any atom is -0.376 e. The van der Waals surface area contributed by atoms with E-state index in [1.807, 2.05) is 30.3 Å². The Bertz CT molecular complexity index is 447. The minimum absolute atomic E-state index is 0.0774. The van der Waals surface area contributed by atoms with Gasteiger partial charge in [-0.05, 0) is 18.6 Å². The van der Waals surface area contributed by atoms with Crippen LogP contribution in [0.25, 0.3) is 0 Å². The zero-order valence-corrected chi connectivity index (χ0v) is 17.6. The second-order valence-electron chi connectivity index (χ2n) is 7.67. The van der Waals surface area contributed by atoms with Crippen molar-refractivity contribution in [2.45, 2.75) is 96.8 Å². The molecule has 0 saturated heterocycles. The van der Waals surface area contributed by atoms with Crippen LogP contribution in [-0.4, -0.2) is 19.0 Å². The van der Waals surface area contributed by atoms with Gasteiger partial charge in [0.05, 0.1) is 6.54 Å². The Morgan fingerprint density at radius 1 is 0.704 bits per heavy atom. The highest BCUT2D eigenvalue weighted by Crippen LogP contribution is 2.12. The molecule has 3 nitrogen and oxygen atoms in total. The number of amides is 1. The van der Waals surface area contributed by atoms with Crippen molar-refractivity contribution in [3.8, 4) is 0 Å². The van der Waals surface area contributed by atoms with Gasteiger partial charge in [-0.2, -0.15) is 0 Å². The van der Waals surface area contributed by atoms with E-state index in [0.717, 1.165) is 18.7 Å². The third-order valence-corrected chi connectivity index (χ3v) is 5.08. The maximum absolute atomic E-state index is 11.8. The largest absolute Gasteiger partial charge is 0.376 e. The van der Waals surface area contributed by atoms with Gasteiger partial charge in [0.2, 0.25) is 5.91 Å². The number of rotatable bonds is 18. The van der Waals surface area contributed by atoms with Crippen LogP contribution >= 0.6 is 0 Å². The molecule has 154 valence electrons. The Balaban J connectivity index is 1.77. The molecule has 0 spiro atoms. The van der Waals surface area contributed by atoms with E-state index in [2.05, 4.69) is 17.6 Å². The average Bonchev–Trinajstić information content (AvgIpc) is 2.70. The maximum Gasteiger partial charge on any atom is 0.239 e. The molecular weight excluding hydrogens is 332 g/mol. The molecule has 1 rings (SSSR count). The summed E-state index contributed by atoms with van der Waals surface area (Å²) in [6.07, 6.45) is 19.1. The monoisotopic (exact) mass is 374 g/mol. The van der Waals surface area contributed by atoms with Crippen molar-refractivity contribution < 1.29 is 4.79 Å². The van der Waals surface area contributed by atoms with E-state index in [4.69, 9.17) is 0 Å². The van der Waals surface area contributed by atoms with Crippen molar-refractivity contribution in [3.05, 3.63) is 30.3 Å². The van der Waals surface area contributed by atoms with Crippen LogP contribution in [0.5, 0.6) is 0 Å². The summed E-state index contributed by atoms with van der Waals surface area (Å²) in [5.74, 6) is 0.0774. The molecule has 2 N–H and O–H groups in total. The highest BCUT2D eigenvalue weighted by Gasteiger charge is 2.00. The molecule has 0 atom stereocenters. The number of anilines is 1. The predicted molar refractivity (Wildman–Crippen MR) is 118 cm³/mol. The second-order valence-corrected chi connectivity index (χ2v) is 7.67. The van der Waals surface area contributed by atoms with E-state index in [1.54, 1.807) is 0 Å². The standard InChI is InChI=1S/C24H42N2O/c1-2-3-4-5-6-7-8-9-10-11-12-13-14-18-21-25-24(27)22-26-23-19-16-15-17-20-23/h15-17,19-20,26H,2-14,18,21-22H2,1H3,(H,25,27). The van der Waals surface area contributed by atoms with Gasteiger partial charge in [0.15, 0.2) is 0 Å². The van der Waals surface area contributed by atoms with Gasteiger partial charge in [-0.1, -0.05) is 109 Å². The molecule has 0 unspecified atom stereocenters. The first-order valence-corrected chi connectivity index (χ1v) is 11.4. The van der Waals surface area contributed by atoms with Crippen LogP contribution in [0.3, 0.4) is 0 Å². The Kier molecular flexibility index (Phi) is 15.6. The van der Waals surface area contributed by atoms with Crippen molar-refractivity contribution in [2.24, 2.45) is 0 Å². The molecule has 0 bridgehead atoms. The SMILES string of the molecule is CCCCCCCCCCCCCCCCNC(=O)CNc1ccccc1. The first kappa shape index (κ1) is 23.5. The Hall–Kier alpha value is -1.51. The Morgan fingerprint density at radius 3 is 1.70 bits per heavy atom. The fourth-order valence-electron chi connectivity index (χ4n) is 3.35. The van der Waals surface area contributed by atoms with E-state index < -0.39 is 0 Å². The van der Waals surface area contributed by atoms with E-state index in [1.165, 1.54) is 83.5 Å². The molecule has 1 aromatic rings. The molecule has 0 aliphatic carbocycles. The number of hydrogen-bond acceptors (Lipinski definition) is 2. The smallest absolute Gasteiger partial charge is 0.239 e. The summed E-state index contributed by atoms with van der Waals surface area (Å²) < 4.78 is 0. The van der Waals surface area contributed by atoms with Crippen LogP contribution in [0.4, 0.5) is 5.69 Å². The van der Waals surface area contributed by atoms with Crippen LogP contribution in [0.1, 0.15) is 96.8 Å². The maximum atomic E-state index is 11.8. The zero-order valence-electron chi connectivity index (χ0n) is 17.6. The van der Waals surface area contributed by atoms with E-state index >= 15 is 0 Å². The van der Waals surface area contributed by atoms with Gasteiger partial charge in [-0.25, -0.2) is 0 Å². The molecular formula is C24H42N2O. The van der Waals surface area contributed by atoms with E-state index in [-0.39, 0.29) is 5.91 Å². The van der Waals surface area contributed by atoms with Gasteiger partial charge in [-0.3, -0.25) is 4.79 Å². The zero-order chi connectivity index (χ0) is 19.4. The quantitative estimate of drug-likeness (QED) is 0.281. The number of para-hydroxylation sites is 1. The summed E-state index contributed by atoms with van der Waals surface area (Å²) in [6, 6.07) is 9.85. The van der Waals surface area contributed by atoms with E-state index in [9.17, 15) is 4.79 Å². The van der Waals surface area contributed by atoms with Crippen molar-refractivity contribution >= 4 is 11.6 Å². The van der Waals surface area contributed by atoms with Crippen LogP contribution in [0, 0.1) is 0 Å². The summed E-state index contributed by atoms with van der Waals surface area (Å²) in [5.41, 5.74) is 0.990. The topological polar surface area (TPSA) is 41.1 Å². The predicted octanol–water partition coefficient (Wildman–Crippen LogP) is 6.70. The summed E-state index contributed by atoms with van der Waals surface area (Å²) in [5, 5.41) is 6.13. The van der Waals surface area contributed by atoms with Gasteiger partial charge in [-0.15, -0.1) is 0 Å². The Labute approximate surface area is 167 Å². The first-order chi connectivity index (χ1) is 13.3. The highest BCUT2D eigenvalue weighted by atomic mass is 16.1. The van der Waals surface area contributed by atoms with Gasteiger partial charge in [0, 0.05) is 12.2 Å². The number of carbonyl (C=O) groups is 1. The lowest BCUT2D eigenvalue weighted by Gasteiger charge is -2.07. The van der Waals surface area contributed by atoms with Gasteiger partial charge < -0.3 is 10.6 Å². The summed E-state index contributed by atoms with van der Waals surface area (Å²) in [6.45, 7) is 3.43.